The number of carbonyl (C=O) groups is 7. The van der Waals surface area contributed by atoms with Gasteiger partial charge in [-0.25, -0.2) is 14.5 Å². The van der Waals surface area contributed by atoms with E-state index in [0.29, 0.717) is 91.3 Å². The van der Waals surface area contributed by atoms with Crippen molar-refractivity contribution in [1.29, 1.82) is 0 Å². The predicted molar refractivity (Wildman–Crippen MR) is 282 cm³/mol. The third-order valence-electron chi connectivity index (χ3n) is 14.8. The van der Waals surface area contributed by atoms with E-state index in [0.717, 1.165) is 11.3 Å². The zero-order valence-electron chi connectivity index (χ0n) is 43.9. The van der Waals surface area contributed by atoms with Gasteiger partial charge in [0, 0.05) is 43.7 Å². The molecule has 1 saturated carbocycles. The Kier molecular flexibility index (Phi) is 16.9. The van der Waals surface area contributed by atoms with Crippen LogP contribution in [-0.4, -0.2) is 139 Å². The molecule has 8 rings (SSSR count). The van der Waals surface area contributed by atoms with Crippen molar-refractivity contribution in [3.8, 4) is 23.0 Å². The highest BCUT2D eigenvalue weighted by atomic mass is 16.6. The van der Waals surface area contributed by atoms with Crippen LogP contribution in [0.5, 0.6) is 23.0 Å². The maximum Gasteiger partial charge on any atom is 0.416 e. The van der Waals surface area contributed by atoms with Crippen LogP contribution in [0.3, 0.4) is 0 Å². The van der Waals surface area contributed by atoms with Crippen molar-refractivity contribution >= 4 is 65.0 Å². The van der Waals surface area contributed by atoms with E-state index in [2.05, 4.69) is 41.4 Å². The summed E-state index contributed by atoms with van der Waals surface area (Å²) in [5.41, 5.74) is 6.22. The van der Waals surface area contributed by atoms with Gasteiger partial charge in [0.05, 0.1) is 62.0 Å². The number of rotatable bonds is 22. The Morgan fingerprint density at radius 2 is 1.53 bits per heavy atom. The van der Waals surface area contributed by atoms with Gasteiger partial charge in [-0.2, -0.15) is 0 Å². The van der Waals surface area contributed by atoms with Gasteiger partial charge < -0.3 is 65.4 Å². The summed E-state index contributed by atoms with van der Waals surface area (Å²) >= 11 is 0. The van der Waals surface area contributed by atoms with Crippen LogP contribution in [0.1, 0.15) is 111 Å². The summed E-state index contributed by atoms with van der Waals surface area (Å²) in [6.45, 7) is 9.69. The van der Waals surface area contributed by atoms with Crippen molar-refractivity contribution in [2.45, 2.75) is 115 Å². The van der Waals surface area contributed by atoms with E-state index in [9.17, 15) is 43.8 Å². The Labute approximate surface area is 446 Å². The fraction of sp³-hybridized carbons (Fsp3) is 0.491. The summed E-state index contributed by atoms with van der Waals surface area (Å²) in [5, 5.41) is 29.6. The van der Waals surface area contributed by atoms with Crippen LogP contribution in [0.25, 0.3) is 0 Å². The summed E-state index contributed by atoms with van der Waals surface area (Å²) in [6.07, 6.45) is 4.24. The standard InChI is InChI=1S/C55H68N8O14/c1-32-22-41-49(67)63(53(72)77-30-33-13-15-34(16-14-33)59-46(64)38(12-7-8-19-57-52(56)71)60-50(68)55(51(69)70)17-11-18-55)40-26-45(43(74-5)24-37(40)48(66)61(41)29-32)76-21-10-6-9-20-75-44-25-39-36(23-42(44)73-4)47(65)62-31-54(2,3)27-35(62)28-58-39/h13-16,23-26,28,35,38,41,49,67H,1,6-12,17-22,27,29-31H2,2-5H3,(H,59,64)(H,60,68)(H,69,70)(H3,56,57,71)/t35-,38-,41-,49-/m0/s1. The Morgan fingerprint density at radius 3 is 2.17 bits per heavy atom. The normalized spacial score (nSPS) is 20.0. The second-order valence-electron chi connectivity index (χ2n) is 21.0. The van der Waals surface area contributed by atoms with Gasteiger partial charge in [-0.15, -0.1) is 0 Å². The average molecular weight is 1070 g/mol. The van der Waals surface area contributed by atoms with E-state index in [1.165, 1.54) is 31.3 Å². The maximum absolute atomic E-state index is 14.2. The predicted octanol–water partition coefficient (Wildman–Crippen LogP) is 6.05. The number of anilines is 2. The van der Waals surface area contributed by atoms with Gasteiger partial charge in [-0.1, -0.05) is 44.6 Å². The highest BCUT2D eigenvalue weighted by molar-refractivity contribution is 6.07. The van der Waals surface area contributed by atoms with Gasteiger partial charge in [0.1, 0.15) is 18.1 Å². The van der Waals surface area contributed by atoms with Gasteiger partial charge in [0.2, 0.25) is 11.8 Å². The zero-order valence-corrected chi connectivity index (χ0v) is 43.9. The number of amides is 7. The van der Waals surface area contributed by atoms with Crippen molar-refractivity contribution in [3.05, 3.63) is 77.4 Å². The van der Waals surface area contributed by atoms with Crippen molar-refractivity contribution < 1.29 is 67.5 Å². The largest absolute Gasteiger partial charge is 0.493 e. The van der Waals surface area contributed by atoms with Crippen molar-refractivity contribution in [2.75, 3.05) is 57.3 Å². The number of aliphatic hydroxyl groups is 1. The molecule has 3 aromatic rings. The van der Waals surface area contributed by atoms with Crippen LogP contribution in [0.2, 0.25) is 0 Å². The molecule has 3 fully saturated rings. The van der Waals surface area contributed by atoms with E-state index in [1.54, 1.807) is 36.4 Å². The minimum Gasteiger partial charge on any atom is -0.493 e. The second-order valence-corrected chi connectivity index (χ2v) is 21.0. The number of ether oxygens (including phenoxy) is 5. The molecular formula is C55H68N8O14. The number of hydrogen-bond donors (Lipinski definition) is 6. The molecule has 77 heavy (non-hydrogen) atoms. The van der Waals surface area contributed by atoms with Gasteiger partial charge in [0.15, 0.2) is 29.2 Å². The SMILES string of the molecule is C=C1C[C@H]2[C@H](O)N(C(=O)OCc3ccc(NC(=O)[C@H](CCCCNC(N)=O)NC(=O)C4(C(=O)O)CCC4)cc3)c3cc(OCCCCCOc4cc5c(cc4OC)C(=O)N4CC(C)(C)C[C@H]4C=N5)c(OC)cc3C(=O)N2C1. The number of carbonyl (C=O) groups excluding carboxylic acids is 6. The quantitative estimate of drug-likeness (QED) is 0.0380. The molecule has 0 aromatic heterocycles. The first kappa shape index (κ1) is 55.4. The molecule has 7 N–H and O–H groups in total. The first-order chi connectivity index (χ1) is 36.8. The zero-order chi connectivity index (χ0) is 55.2. The number of aliphatic imine (C=N–C) groups is 1. The molecule has 5 aliphatic rings. The number of fused-ring (bicyclic) bond motifs is 4. The van der Waals surface area contributed by atoms with E-state index in [1.807, 2.05) is 11.1 Å². The topological polar surface area (TPSA) is 290 Å². The van der Waals surface area contributed by atoms with Gasteiger partial charge in [-0.3, -0.25) is 29.0 Å². The van der Waals surface area contributed by atoms with E-state index < -0.39 is 59.5 Å². The number of hydrogen-bond acceptors (Lipinski definition) is 14. The molecule has 22 heteroatoms. The third-order valence-corrected chi connectivity index (χ3v) is 14.8. The maximum atomic E-state index is 14.2. The molecular weight excluding hydrogens is 997 g/mol. The third kappa shape index (κ3) is 12.2. The summed E-state index contributed by atoms with van der Waals surface area (Å²) < 4.78 is 29.5. The molecule has 0 unspecified atom stereocenters. The number of urea groups is 1. The van der Waals surface area contributed by atoms with Gasteiger partial charge >= 0.3 is 18.1 Å². The molecule has 4 aliphatic heterocycles. The first-order valence-corrected chi connectivity index (χ1v) is 26.0. The number of nitrogens with zero attached hydrogens (tertiary/aromatic N) is 4. The number of primary amides is 1. The number of carboxylic acid groups (broad SMARTS) is 1. The summed E-state index contributed by atoms with van der Waals surface area (Å²) in [7, 11) is 2.96. The first-order valence-electron chi connectivity index (χ1n) is 26.0. The summed E-state index contributed by atoms with van der Waals surface area (Å²) in [4.78, 5) is 101. The highest BCUT2D eigenvalue weighted by Crippen LogP contribution is 2.44. The number of benzene rings is 3. The minimum absolute atomic E-state index is 0.00134. The van der Waals surface area contributed by atoms with E-state index in [-0.39, 0.29) is 92.1 Å². The molecule has 4 heterocycles. The van der Waals surface area contributed by atoms with Crippen LogP contribution in [-0.2, 0) is 25.7 Å². The fourth-order valence-electron chi connectivity index (χ4n) is 10.5. The molecule has 4 atom stereocenters. The Bertz CT molecular complexity index is 2810. The van der Waals surface area contributed by atoms with Crippen molar-refractivity contribution in [1.82, 2.24) is 20.4 Å². The van der Waals surface area contributed by atoms with Crippen molar-refractivity contribution in [3.63, 3.8) is 0 Å². The number of carboxylic acids is 1. The number of unbranched alkanes of at least 4 members (excludes halogenated alkanes) is 3. The lowest BCUT2D eigenvalue weighted by molar-refractivity contribution is -0.162. The Morgan fingerprint density at radius 1 is 0.870 bits per heavy atom. The Hall–Kier alpha value is -7.88. The summed E-state index contributed by atoms with van der Waals surface area (Å²) in [5.74, 6) is -1.73. The molecule has 0 bridgehead atoms. The molecule has 412 valence electrons. The molecule has 0 radical (unpaired) electrons. The lowest BCUT2D eigenvalue weighted by Gasteiger charge is -2.37. The number of aliphatic hydroxyl groups excluding tert-OH is 1. The molecule has 1 aliphatic carbocycles. The van der Waals surface area contributed by atoms with Crippen LogP contribution in [0, 0.1) is 10.8 Å². The van der Waals surface area contributed by atoms with Gasteiger partial charge in [0.25, 0.3) is 11.8 Å². The number of nitrogens with two attached hydrogens (primary N) is 1. The molecule has 22 nitrogen and oxygen atoms in total. The van der Waals surface area contributed by atoms with E-state index in [4.69, 9.17) is 29.4 Å². The minimum atomic E-state index is -1.60. The number of methoxy groups -OCH3 is 2. The highest BCUT2D eigenvalue weighted by Gasteiger charge is 2.52. The molecule has 0 spiro atoms. The van der Waals surface area contributed by atoms with Crippen LogP contribution < -0.4 is 45.5 Å². The lowest BCUT2D eigenvalue weighted by atomic mass is 9.68. The van der Waals surface area contributed by atoms with Crippen LogP contribution >= 0.6 is 0 Å². The van der Waals surface area contributed by atoms with Gasteiger partial charge in [-0.05, 0) is 99.5 Å². The number of aliphatic carboxylic acids is 1. The Balaban J connectivity index is 0.889. The molecule has 3 aromatic carbocycles. The molecule has 7 amide bonds. The smallest absolute Gasteiger partial charge is 0.416 e. The number of nitrogens with one attached hydrogen (secondary N) is 3. The monoisotopic (exact) mass is 1060 g/mol. The second kappa shape index (κ2) is 23.6. The lowest BCUT2D eigenvalue weighted by Crippen LogP contribution is -2.55. The average Bonchev–Trinajstić information content (AvgIpc) is 3.94. The summed E-state index contributed by atoms with van der Waals surface area (Å²) in [6, 6.07) is 10.1. The van der Waals surface area contributed by atoms with Crippen LogP contribution in [0.4, 0.5) is 26.7 Å². The molecule has 2 saturated heterocycles. The van der Waals surface area contributed by atoms with Crippen LogP contribution in [0.15, 0.2) is 65.7 Å². The van der Waals surface area contributed by atoms with E-state index >= 15 is 0 Å². The fourth-order valence-corrected chi connectivity index (χ4v) is 10.5. The van der Waals surface area contributed by atoms with Crippen molar-refractivity contribution in [2.24, 2.45) is 21.6 Å².